The van der Waals surface area contributed by atoms with Crippen LogP contribution in [0, 0.1) is 5.92 Å². The van der Waals surface area contributed by atoms with E-state index < -0.39 is 0 Å². The van der Waals surface area contributed by atoms with Gasteiger partial charge in [0.05, 0.1) is 6.61 Å². The molecule has 0 saturated heterocycles. The summed E-state index contributed by atoms with van der Waals surface area (Å²) in [5.74, 6) is 1.14. The molecule has 94 valence electrons. The maximum absolute atomic E-state index is 11.6. The van der Waals surface area contributed by atoms with Crippen molar-refractivity contribution in [3.8, 4) is 5.75 Å². The lowest BCUT2D eigenvalue weighted by Crippen LogP contribution is -2.11. The Kier molecular flexibility index (Phi) is 5.56. The van der Waals surface area contributed by atoms with E-state index in [9.17, 15) is 4.79 Å². The first-order chi connectivity index (χ1) is 7.99. The number of hydrogen-bond donors (Lipinski definition) is 1. The maximum Gasteiger partial charge on any atom is 0.139 e. The normalized spacial score (nSPS) is 12.5. The van der Waals surface area contributed by atoms with Crippen molar-refractivity contribution < 1.29 is 9.53 Å². The molecule has 3 heteroatoms. The third kappa shape index (κ3) is 5.26. The molecule has 0 aromatic heterocycles. The minimum Gasteiger partial charge on any atom is -0.492 e. The minimum absolute atomic E-state index is 0.0806. The predicted octanol–water partition coefficient (Wildman–Crippen LogP) is 3.15. The summed E-state index contributed by atoms with van der Waals surface area (Å²) in [4.78, 5) is 11.6. The Morgan fingerprint density at radius 2 is 2.06 bits per heavy atom. The van der Waals surface area contributed by atoms with Gasteiger partial charge in [0.1, 0.15) is 11.5 Å². The van der Waals surface area contributed by atoms with Crippen LogP contribution in [-0.2, 0) is 11.2 Å². The second-order valence-corrected chi connectivity index (χ2v) is 5.49. The van der Waals surface area contributed by atoms with E-state index in [1.165, 1.54) is 0 Å². The van der Waals surface area contributed by atoms with Gasteiger partial charge in [-0.1, -0.05) is 32.9 Å². The average molecular weight is 252 g/mol. The molecule has 1 unspecified atom stereocenters. The molecule has 1 aromatic rings. The Hall–Kier alpha value is -0.960. The number of rotatable bonds is 6. The molecule has 0 bridgehead atoms. The van der Waals surface area contributed by atoms with Crippen LogP contribution in [0.5, 0.6) is 5.75 Å². The molecule has 0 radical (unpaired) electrons. The third-order valence-corrected chi connectivity index (χ3v) is 2.56. The first-order valence-electron chi connectivity index (χ1n) is 5.91. The molecule has 1 aromatic carbocycles. The summed E-state index contributed by atoms with van der Waals surface area (Å²) in [6.07, 6.45) is 0.477. The van der Waals surface area contributed by atoms with Gasteiger partial charge < -0.3 is 4.74 Å². The van der Waals surface area contributed by atoms with Gasteiger partial charge in [0.2, 0.25) is 0 Å². The SMILES string of the molecule is CC(S)COc1cccc(CC(=O)C(C)C)c1. The second-order valence-electron chi connectivity index (χ2n) is 4.61. The van der Waals surface area contributed by atoms with Crippen molar-refractivity contribution in [2.24, 2.45) is 5.92 Å². The molecule has 0 aliphatic heterocycles. The van der Waals surface area contributed by atoms with Gasteiger partial charge in [0.25, 0.3) is 0 Å². The zero-order valence-electron chi connectivity index (χ0n) is 10.6. The highest BCUT2D eigenvalue weighted by Gasteiger charge is 2.08. The van der Waals surface area contributed by atoms with Gasteiger partial charge in [-0.05, 0) is 17.7 Å². The van der Waals surface area contributed by atoms with E-state index >= 15 is 0 Å². The monoisotopic (exact) mass is 252 g/mol. The third-order valence-electron chi connectivity index (χ3n) is 2.41. The van der Waals surface area contributed by atoms with E-state index in [4.69, 9.17) is 4.74 Å². The summed E-state index contributed by atoms with van der Waals surface area (Å²) in [6, 6.07) is 7.70. The van der Waals surface area contributed by atoms with Crippen molar-refractivity contribution in [3.05, 3.63) is 29.8 Å². The van der Waals surface area contributed by atoms with Crippen LogP contribution in [0.4, 0.5) is 0 Å². The Morgan fingerprint density at radius 3 is 2.65 bits per heavy atom. The number of benzene rings is 1. The first-order valence-corrected chi connectivity index (χ1v) is 6.43. The van der Waals surface area contributed by atoms with Gasteiger partial charge in [0, 0.05) is 17.6 Å². The summed E-state index contributed by atoms with van der Waals surface area (Å²) >= 11 is 4.26. The van der Waals surface area contributed by atoms with E-state index in [0.717, 1.165) is 11.3 Å². The van der Waals surface area contributed by atoms with E-state index in [0.29, 0.717) is 13.0 Å². The van der Waals surface area contributed by atoms with Gasteiger partial charge >= 0.3 is 0 Å². The van der Waals surface area contributed by atoms with Crippen LogP contribution in [0.2, 0.25) is 0 Å². The number of thiol groups is 1. The standard InChI is InChI=1S/C14H20O2S/c1-10(2)14(15)8-12-5-4-6-13(7-12)16-9-11(3)17/h4-7,10-11,17H,8-9H2,1-3H3. The van der Waals surface area contributed by atoms with Crippen LogP contribution in [0.25, 0.3) is 0 Å². The molecule has 1 atom stereocenters. The van der Waals surface area contributed by atoms with E-state index in [1.54, 1.807) is 0 Å². The zero-order valence-corrected chi connectivity index (χ0v) is 11.5. The van der Waals surface area contributed by atoms with E-state index in [2.05, 4.69) is 12.6 Å². The van der Waals surface area contributed by atoms with E-state index in [-0.39, 0.29) is 17.0 Å². The smallest absolute Gasteiger partial charge is 0.139 e. The Balaban J connectivity index is 2.62. The zero-order chi connectivity index (χ0) is 12.8. The van der Waals surface area contributed by atoms with Crippen molar-refractivity contribution in [1.82, 2.24) is 0 Å². The van der Waals surface area contributed by atoms with Crippen LogP contribution in [0.3, 0.4) is 0 Å². The fourth-order valence-corrected chi connectivity index (χ4v) is 1.44. The summed E-state index contributed by atoms with van der Waals surface area (Å²) < 4.78 is 5.56. The van der Waals surface area contributed by atoms with Crippen LogP contribution in [0.15, 0.2) is 24.3 Å². The van der Waals surface area contributed by atoms with Gasteiger partial charge in [-0.3, -0.25) is 4.79 Å². The lowest BCUT2D eigenvalue weighted by molar-refractivity contribution is -0.121. The summed E-state index contributed by atoms with van der Waals surface area (Å²) in [5, 5.41) is 0.205. The van der Waals surface area contributed by atoms with Crippen LogP contribution < -0.4 is 4.74 Å². The molecule has 0 saturated carbocycles. The Labute approximate surface area is 109 Å². The number of carbonyl (C=O) groups excluding carboxylic acids is 1. The highest BCUT2D eigenvalue weighted by Crippen LogP contribution is 2.15. The highest BCUT2D eigenvalue weighted by molar-refractivity contribution is 7.80. The summed E-state index contributed by atoms with van der Waals surface area (Å²) in [7, 11) is 0. The Morgan fingerprint density at radius 1 is 1.35 bits per heavy atom. The summed E-state index contributed by atoms with van der Waals surface area (Å²) in [6.45, 7) is 6.40. The van der Waals surface area contributed by atoms with Crippen molar-refractivity contribution in [1.29, 1.82) is 0 Å². The van der Waals surface area contributed by atoms with Gasteiger partial charge in [-0.25, -0.2) is 0 Å². The topological polar surface area (TPSA) is 26.3 Å². The van der Waals surface area contributed by atoms with Crippen LogP contribution >= 0.6 is 12.6 Å². The fraction of sp³-hybridized carbons (Fsp3) is 0.500. The van der Waals surface area contributed by atoms with E-state index in [1.807, 2.05) is 45.0 Å². The lowest BCUT2D eigenvalue weighted by Gasteiger charge is -2.10. The lowest BCUT2D eigenvalue weighted by atomic mass is 10.0. The number of Topliss-reactive ketones (excluding diaryl/α,β-unsaturated/α-hetero) is 1. The largest absolute Gasteiger partial charge is 0.492 e. The predicted molar refractivity (Wildman–Crippen MR) is 73.9 cm³/mol. The molecule has 0 amide bonds. The quantitative estimate of drug-likeness (QED) is 0.787. The molecule has 0 aliphatic carbocycles. The second kappa shape index (κ2) is 6.70. The minimum atomic E-state index is 0.0806. The molecule has 0 heterocycles. The van der Waals surface area contributed by atoms with Gasteiger partial charge in [-0.2, -0.15) is 12.6 Å². The highest BCUT2D eigenvalue weighted by atomic mass is 32.1. The van der Waals surface area contributed by atoms with Crippen LogP contribution in [0.1, 0.15) is 26.3 Å². The molecule has 2 nitrogen and oxygen atoms in total. The molecule has 0 spiro atoms. The fourth-order valence-electron chi connectivity index (χ4n) is 1.37. The summed E-state index contributed by atoms with van der Waals surface area (Å²) in [5.41, 5.74) is 1.01. The molecule has 0 N–H and O–H groups in total. The number of ether oxygens (including phenoxy) is 1. The molecule has 0 fully saturated rings. The van der Waals surface area contributed by atoms with Crippen molar-refractivity contribution >= 4 is 18.4 Å². The van der Waals surface area contributed by atoms with Crippen LogP contribution in [-0.4, -0.2) is 17.6 Å². The molecular formula is C14H20O2S. The maximum atomic E-state index is 11.6. The number of ketones is 1. The number of hydrogen-bond acceptors (Lipinski definition) is 3. The van der Waals surface area contributed by atoms with Crippen molar-refractivity contribution in [3.63, 3.8) is 0 Å². The van der Waals surface area contributed by atoms with Gasteiger partial charge in [-0.15, -0.1) is 0 Å². The van der Waals surface area contributed by atoms with Crippen molar-refractivity contribution in [2.45, 2.75) is 32.4 Å². The first kappa shape index (κ1) is 14.1. The number of carbonyl (C=O) groups is 1. The Bertz CT molecular complexity index is 372. The van der Waals surface area contributed by atoms with Crippen molar-refractivity contribution in [2.75, 3.05) is 6.61 Å². The molecule has 0 aliphatic rings. The molecular weight excluding hydrogens is 232 g/mol. The molecule has 1 rings (SSSR count). The molecule has 17 heavy (non-hydrogen) atoms. The van der Waals surface area contributed by atoms with Gasteiger partial charge in [0.15, 0.2) is 0 Å². The average Bonchev–Trinajstić information content (AvgIpc) is 2.26.